The van der Waals surface area contributed by atoms with E-state index in [4.69, 9.17) is 17.2 Å². The van der Waals surface area contributed by atoms with Crippen LogP contribution >= 0.6 is 0 Å². The highest BCUT2D eigenvalue weighted by Crippen LogP contribution is 2.12. The molecule has 0 aliphatic carbocycles. The molecule has 0 aromatic carbocycles. The molecule has 12 heavy (non-hydrogen) atoms. The lowest BCUT2D eigenvalue weighted by atomic mass is 9.86. The van der Waals surface area contributed by atoms with Gasteiger partial charge < -0.3 is 17.2 Å². The van der Waals surface area contributed by atoms with Gasteiger partial charge in [-0.1, -0.05) is 20.8 Å². The van der Waals surface area contributed by atoms with E-state index >= 15 is 0 Å². The molecule has 0 spiro atoms. The standard InChI is InChI=1S/C9H23N3/c1-5(2)8(11)9(12)6(3)7(4)10/h5-9H,10-12H2,1-4H3/t6-,7-,8+,9-/m1/s1. The first-order valence-corrected chi connectivity index (χ1v) is 4.64. The third-order valence-electron chi connectivity index (χ3n) is 2.65. The maximum atomic E-state index is 5.96. The third-order valence-corrected chi connectivity index (χ3v) is 2.65. The van der Waals surface area contributed by atoms with Crippen molar-refractivity contribution in [2.24, 2.45) is 29.0 Å². The fraction of sp³-hybridized carbons (Fsp3) is 1.00. The van der Waals surface area contributed by atoms with Crippen molar-refractivity contribution in [1.29, 1.82) is 0 Å². The summed E-state index contributed by atoms with van der Waals surface area (Å²) in [5.41, 5.74) is 17.6. The number of rotatable bonds is 4. The molecule has 0 saturated carbocycles. The van der Waals surface area contributed by atoms with Gasteiger partial charge in [-0.05, 0) is 18.8 Å². The Balaban J connectivity index is 4.08. The minimum atomic E-state index is 0.00463. The summed E-state index contributed by atoms with van der Waals surface area (Å²) in [4.78, 5) is 0. The average Bonchev–Trinajstić information content (AvgIpc) is 2.00. The predicted octanol–water partition coefficient (Wildman–Crippen LogP) is 0.280. The summed E-state index contributed by atoms with van der Waals surface area (Å²) in [6.45, 7) is 8.19. The van der Waals surface area contributed by atoms with E-state index in [-0.39, 0.29) is 24.0 Å². The molecule has 0 aliphatic rings. The maximum absolute atomic E-state index is 5.96. The highest BCUT2D eigenvalue weighted by molar-refractivity contribution is 4.86. The van der Waals surface area contributed by atoms with Gasteiger partial charge in [0.05, 0.1) is 0 Å². The first-order valence-electron chi connectivity index (χ1n) is 4.64. The Labute approximate surface area is 75.7 Å². The molecule has 0 unspecified atom stereocenters. The second kappa shape index (κ2) is 4.80. The first-order chi connectivity index (χ1) is 5.37. The summed E-state index contributed by atoms with van der Waals surface area (Å²) < 4.78 is 0. The molecule has 6 N–H and O–H groups in total. The fourth-order valence-electron chi connectivity index (χ4n) is 1.15. The molecule has 74 valence electrons. The van der Waals surface area contributed by atoms with Gasteiger partial charge in [-0.15, -0.1) is 0 Å². The van der Waals surface area contributed by atoms with Gasteiger partial charge in [0.15, 0.2) is 0 Å². The predicted molar refractivity (Wildman–Crippen MR) is 53.6 cm³/mol. The van der Waals surface area contributed by atoms with Crippen molar-refractivity contribution in [3.8, 4) is 0 Å². The van der Waals surface area contributed by atoms with Crippen LogP contribution in [0.25, 0.3) is 0 Å². The van der Waals surface area contributed by atoms with Crippen LogP contribution in [0.1, 0.15) is 27.7 Å². The molecule has 0 rings (SSSR count). The van der Waals surface area contributed by atoms with E-state index in [9.17, 15) is 0 Å². The van der Waals surface area contributed by atoms with Crippen molar-refractivity contribution in [3.05, 3.63) is 0 Å². The molecule has 0 aromatic heterocycles. The Morgan fingerprint density at radius 2 is 1.17 bits per heavy atom. The second-order valence-corrected chi connectivity index (χ2v) is 4.12. The number of hydrogen-bond donors (Lipinski definition) is 3. The van der Waals surface area contributed by atoms with Crippen LogP contribution in [-0.2, 0) is 0 Å². The molecular weight excluding hydrogens is 150 g/mol. The number of nitrogens with two attached hydrogens (primary N) is 3. The van der Waals surface area contributed by atoms with Crippen LogP contribution in [0.5, 0.6) is 0 Å². The van der Waals surface area contributed by atoms with E-state index in [2.05, 4.69) is 20.8 Å². The summed E-state index contributed by atoms with van der Waals surface area (Å²) >= 11 is 0. The lowest BCUT2D eigenvalue weighted by Crippen LogP contribution is -2.52. The molecule has 0 bridgehead atoms. The van der Waals surface area contributed by atoms with Crippen LogP contribution in [0, 0.1) is 11.8 Å². The highest BCUT2D eigenvalue weighted by Gasteiger charge is 2.24. The normalized spacial score (nSPS) is 22.0. The van der Waals surface area contributed by atoms with E-state index < -0.39 is 0 Å². The molecule has 3 nitrogen and oxygen atoms in total. The second-order valence-electron chi connectivity index (χ2n) is 4.12. The smallest absolute Gasteiger partial charge is 0.0235 e. The van der Waals surface area contributed by atoms with Crippen LogP contribution in [0.3, 0.4) is 0 Å². The quantitative estimate of drug-likeness (QED) is 0.571. The molecule has 0 saturated heterocycles. The molecule has 0 amide bonds. The van der Waals surface area contributed by atoms with Gasteiger partial charge in [0.1, 0.15) is 0 Å². The maximum Gasteiger partial charge on any atom is 0.0235 e. The molecule has 3 heteroatoms. The van der Waals surface area contributed by atoms with Gasteiger partial charge in [0.25, 0.3) is 0 Å². The Hall–Kier alpha value is -0.120. The topological polar surface area (TPSA) is 78.1 Å². The molecular formula is C9H23N3. The summed E-state index contributed by atoms with van der Waals surface area (Å²) in [5, 5.41) is 0. The van der Waals surface area contributed by atoms with Gasteiger partial charge in [-0.2, -0.15) is 0 Å². The fourth-order valence-corrected chi connectivity index (χ4v) is 1.15. The van der Waals surface area contributed by atoms with Crippen molar-refractivity contribution >= 4 is 0 Å². The average molecular weight is 173 g/mol. The minimum Gasteiger partial charge on any atom is -0.328 e. The zero-order valence-corrected chi connectivity index (χ0v) is 8.62. The Morgan fingerprint density at radius 3 is 1.42 bits per heavy atom. The monoisotopic (exact) mass is 173 g/mol. The SMILES string of the molecule is CC(C)[C@H](N)[C@H](N)[C@H](C)[C@@H](C)N. The largest absolute Gasteiger partial charge is 0.328 e. The van der Waals surface area contributed by atoms with Crippen molar-refractivity contribution in [2.75, 3.05) is 0 Å². The summed E-state index contributed by atoms with van der Waals surface area (Å²) in [6, 6.07) is 0.167. The molecule has 0 aromatic rings. The van der Waals surface area contributed by atoms with Gasteiger partial charge in [0, 0.05) is 18.1 Å². The number of hydrogen-bond acceptors (Lipinski definition) is 3. The van der Waals surface area contributed by atoms with Crippen LogP contribution in [0.2, 0.25) is 0 Å². The van der Waals surface area contributed by atoms with Crippen LogP contribution < -0.4 is 17.2 Å². The van der Waals surface area contributed by atoms with Gasteiger partial charge in [-0.3, -0.25) is 0 Å². The Bertz CT molecular complexity index is 109. The van der Waals surface area contributed by atoms with Crippen molar-refractivity contribution in [2.45, 2.75) is 45.8 Å². The third kappa shape index (κ3) is 3.09. The van der Waals surface area contributed by atoms with Crippen LogP contribution in [0.15, 0.2) is 0 Å². The molecule has 0 aliphatic heterocycles. The van der Waals surface area contributed by atoms with E-state index in [1.165, 1.54) is 0 Å². The Kier molecular flexibility index (Phi) is 4.75. The summed E-state index contributed by atoms with van der Waals surface area (Å²) in [5.74, 6) is 0.698. The Morgan fingerprint density at radius 1 is 0.750 bits per heavy atom. The zero-order chi connectivity index (χ0) is 9.89. The lowest BCUT2D eigenvalue weighted by Gasteiger charge is -2.30. The van der Waals surface area contributed by atoms with Gasteiger partial charge in [0.2, 0.25) is 0 Å². The van der Waals surface area contributed by atoms with E-state index in [1.54, 1.807) is 0 Å². The van der Waals surface area contributed by atoms with Crippen LogP contribution in [-0.4, -0.2) is 18.1 Å². The van der Waals surface area contributed by atoms with Crippen molar-refractivity contribution < 1.29 is 0 Å². The van der Waals surface area contributed by atoms with Gasteiger partial charge >= 0.3 is 0 Å². The minimum absolute atomic E-state index is 0.00463. The molecule has 0 fully saturated rings. The first kappa shape index (κ1) is 11.9. The summed E-state index contributed by atoms with van der Waals surface area (Å²) in [6.07, 6.45) is 0. The molecule has 0 radical (unpaired) electrons. The lowest BCUT2D eigenvalue weighted by molar-refractivity contribution is 0.304. The van der Waals surface area contributed by atoms with Crippen LogP contribution in [0.4, 0.5) is 0 Å². The van der Waals surface area contributed by atoms with Crippen molar-refractivity contribution in [1.82, 2.24) is 0 Å². The summed E-state index contributed by atoms with van der Waals surface area (Å²) in [7, 11) is 0. The zero-order valence-electron chi connectivity index (χ0n) is 8.62. The van der Waals surface area contributed by atoms with E-state index in [0.29, 0.717) is 5.92 Å². The van der Waals surface area contributed by atoms with Gasteiger partial charge in [-0.25, -0.2) is 0 Å². The van der Waals surface area contributed by atoms with E-state index in [0.717, 1.165) is 0 Å². The van der Waals surface area contributed by atoms with E-state index in [1.807, 2.05) is 6.92 Å². The highest BCUT2D eigenvalue weighted by atomic mass is 14.8. The molecule has 0 heterocycles. The molecule has 4 atom stereocenters. The van der Waals surface area contributed by atoms with Crippen molar-refractivity contribution in [3.63, 3.8) is 0 Å².